The van der Waals surface area contributed by atoms with Gasteiger partial charge in [0.15, 0.2) is 6.10 Å². The van der Waals surface area contributed by atoms with Crippen molar-refractivity contribution in [2.45, 2.75) is 33.4 Å². The fourth-order valence-corrected chi connectivity index (χ4v) is 2.52. The Morgan fingerprint density at radius 2 is 1.52 bits per heavy atom. The maximum atomic E-state index is 12.5. The summed E-state index contributed by atoms with van der Waals surface area (Å²) in [4.78, 5) is 47.9. The molecule has 0 aliphatic carbocycles. The molecular formula is C23H27N3O5. The van der Waals surface area contributed by atoms with Crippen molar-refractivity contribution in [1.82, 2.24) is 10.6 Å². The van der Waals surface area contributed by atoms with E-state index in [-0.39, 0.29) is 24.2 Å². The van der Waals surface area contributed by atoms with Crippen LogP contribution in [0.1, 0.15) is 36.7 Å². The Kier molecular flexibility index (Phi) is 8.75. The zero-order valence-electron chi connectivity index (χ0n) is 17.8. The van der Waals surface area contributed by atoms with Gasteiger partial charge < -0.3 is 20.7 Å². The summed E-state index contributed by atoms with van der Waals surface area (Å²) in [5.41, 5.74) is 1.84. The Labute approximate surface area is 181 Å². The molecule has 0 heterocycles. The third-order valence-corrected chi connectivity index (χ3v) is 4.33. The smallest absolute Gasteiger partial charge is 0.326 e. The van der Waals surface area contributed by atoms with Gasteiger partial charge in [0.1, 0.15) is 6.54 Å². The summed E-state index contributed by atoms with van der Waals surface area (Å²) in [6.45, 7) is 4.99. The molecule has 31 heavy (non-hydrogen) atoms. The first-order valence-corrected chi connectivity index (χ1v) is 9.96. The van der Waals surface area contributed by atoms with Crippen LogP contribution in [-0.4, -0.2) is 36.3 Å². The number of carbonyl (C=O) groups is 4. The van der Waals surface area contributed by atoms with Crippen LogP contribution in [0.25, 0.3) is 0 Å². The fraction of sp³-hybridized carbons (Fsp3) is 0.304. The van der Waals surface area contributed by atoms with Crippen molar-refractivity contribution in [2.75, 3.05) is 11.9 Å². The first-order chi connectivity index (χ1) is 14.8. The number of nitrogens with one attached hydrogen (secondary N) is 3. The standard InChI is InChI=1S/C23H27N3O5/c1-15(2)22(29)26-19-11-9-18(10-12-19)21(28)16(3)31-20(27)14-25-23(30)24-13-17-7-5-4-6-8-17/h4-12,15-16H,13-14H2,1-3H3,(H,26,29)(H2,24,25,30). The van der Waals surface area contributed by atoms with Gasteiger partial charge in [-0.1, -0.05) is 44.2 Å². The normalized spacial score (nSPS) is 11.4. The maximum Gasteiger partial charge on any atom is 0.326 e. The van der Waals surface area contributed by atoms with Crippen LogP contribution in [-0.2, 0) is 20.9 Å². The van der Waals surface area contributed by atoms with Gasteiger partial charge in [-0.05, 0) is 36.8 Å². The third kappa shape index (κ3) is 7.93. The van der Waals surface area contributed by atoms with Crippen LogP contribution in [0.5, 0.6) is 0 Å². The zero-order valence-corrected chi connectivity index (χ0v) is 17.8. The van der Waals surface area contributed by atoms with Gasteiger partial charge in [0.25, 0.3) is 0 Å². The van der Waals surface area contributed by atoms with E-state index in [4.69, 9.17) is 4.74 Å². The lowest BCUT2D eigenvalue weighted by atomic mass is 10.1. The second-order valence-electron chi connectivity index (χ2n) is 7.24. The number of carbonyl (C=O) groups excluding carboxylic acids is 4. The van der Waals surface area contributed by atoms with E-state index >= 15 is 0 Å². The van der Waals surface area contributed by atoms with Gasteiger partial charge in [0.2, 0.25) is 11.7 Å². The Hall–Kier alpha value is -3.68. The van der Waals surface area contributed by atoms with Gasteiger partial charge in [0, 0.05) is 23.7 Å². The summed E-state index contributed by atoms with van der Waals surface area (Å²) >= 11 is 0. The Morgan fingerprint density at radius 3 is 2.13 bits per heavy atom. The monoisotopic (exact) mass is 425 g/mol. The molecule has 1 unspecified atom stereocenters. The van der Waals surface area contributed by atoms with E-state index in [1.807, 2.05) is 30.3 Å². The highest BCUT2D eigenvalue weighted by Crippen LogP contribution is 2.13. The molecule has 8 nitrogen and oxygen atoms in total. The van der Waals surface area contributed by atoms with Crippen LogP contribution in [0.2, 0.25) is 0 Å². The maximum absolute atomic E-state index is 12.5. The topological polar surface area (TPSA) is 114 Å². The van der Waals surface area contributed by atoms with Gasteiger partial charge in [-0.2, -0.15) is 0 Å². The van der Waals surface area contributed by atoms with Crippen molar-refractivity contribution in [1.29, 1.82) is 0 Å². The number of hydrogen-bond acceptors (Lipinski definition) is 5. The molecule has 1 atom stereocenters. The highest BCUT2D eigenvalue weighted by molar-refractivity contribution is 6.01. The molecule has 0 spiro atoms. The zero-order chi connectivity index (χ0) is 22.8. The lowest BCUT2D eigenvalue weighted by molar-refractivity contribution is -0.145. The molecule has 0 aromatic heterocycles. The quantitative estimate of drug-likeness (QED) is 0.422. The molecule has 0 radical (unpaired) electrons. The summed E-state index contributed by atoms with van der Waals surface area (Å²) < 4.78 is 5.11. The van der Waals surface area contributed by atoms with Gasteiger partial charge in [-0.25, -0.2) is 4.79 Å². The third-order valence-electron chi connectivity index (χ3n) is 4.33. The number of anilines is 1. The van der Waals surface area contributed by atoms with Crippen LogP contribution >= 0.6 is 0 Å². The van der Waals surface area contributed by atoms with Crippen LogP contribution in [0, 0.1) is 5.92 Å². The first kappa shape index (κ1) is 23.6. The summed E-state index contributed by atoms with van der Waals surface area (Å²) in [5, 5.41) is 7.76. The summed E-state index contributed by atoms with van der Waals surface area (Å²) in [6.07, 6.45) is -1.02. The average molecular weight is 425 g/mol. The number of hydrogen-bond donors (Lipinski definition) is 3. The number of amides is 3. The van der Waals surface area contributed by atoms with Crippen LogP contribution in [0.15, 0.2) is 54.6 Å². The number of urea groups is 1. The van der Waals surface area contributed by atoms with Crippen molar-refractivity contribution in [3.8, 4) is 0 Å². The van der Waals surface area contributed by atoms with Crippen molar-refractivity contribution >= 4 is 29.4 Å². The minimum absolute atomic E-state index is 0.123. The highest BCUT2D eigenvalue weighted by Gasteiger charge is 2.20. The molecule has 8 heteroatoms. The van der Waals surface area contributed by atoms with Crippen LogP contribution < -0.4 is 16.0 Å². The average Bonchev–Trinajstić information content (AvgIpc) is 2.76. The van der Waals surface area contributed by atoms with Gasteiger partial charge in [-0.3, -0.25) is 14.4 Å². The predicted octanol–water partition coefficient (Wildman–Crippen LogP) is 2.89. The van der Waals surface area contributed by atoms with E-state index in [1.54, 1.807) is 38.1 Å². The van der Waals surface area contributed by atoms with Gasteiger partial charge in [0.05, 0.1) is 0 Å². The Morgan fingerprint density at radius 1 is 0.871 bits per heavy atom. The van der Waals surface area contributed by atoms with Crippen LogP contribution in [0.3, 0.4) is 0 Å². The molecule has 0 fully saturated rings. The molecular weight excluding hydrogens is 398 g/mol. The summed E-state index contributed by atoms with van der Waals surface area (Å²) in [5.74, 6) is -1.39. The molecule has 164 valence electrons. The van der Waals surface area contributed by atoms with Gasteiger partial charge >= 0.3 is 12.0 Å². The molecule has 3 N–H and O–H groups in total. The minimum atomic E-state index is -1.02. The number of esters is 1. The number of ether oxygens (including phenoxy) is 1. The highest BCUT2D eigenvalue weighted by atomic mass is 16.5. The molecule has 0 saturated carbocycles. The van der Waals surface area contributed by atoms with E-state index in [9.17, 15) is 19.2 Å². The van der Waals surface area contributed by atoms with Crippen molar-refractivity contribution in [3.63, 3.8) is 0 Å². The Bertz CT molecular complexity index is 911. The first-order valence-electron chi connectivity index (χ1n) is 9.96. The van der Waals surface area contributed by atoms with Crippen molar-refractivity contribution < 1.29 is 23.9 Å². The molecule has 0 bridgehead atoms. The lowest BCUT2D eigenvalue weighted by Gasteiger charge is -2.14. The van der Waals surface area contributed by atoms with E-state index in [0.29, 0.717) is 17.8 Å². The molecule has 0 aliphatic rings. The summed E-state index contributed by atoms with van der Waals surface area (Å²) in [6, 6.07) is 15.1. The largest absolute Gasteiger partial charge is 0.453 e. The molecule has 2 aromatic rings. The molecule has 0 aliphatic heterocycles. The van der Waals surface area contributed by atoms with E-state index in [0.717, 1.165) is 5.56 Å². The minimum Gasteiger partial charge on any atom is -0.453 e. The lowest BCUT2D eigenvalue weighted by Crippen LogP contribution is -2.39. The predicted molar refractivity (Wildman–Crippen MR) is 116 cm³/mol. The van der Waals surface area contributed by atoms with Crippen LogP contribution in [0.4, 0.5) is 10.5 Å². The number of Topliss-reactive ketones (excluding diaryl/α,β-unsaturated/α-hetero) is 1. The molecule has 3 amide bonds. The van der Waals surface area contributed by atoms with E-state index in [1.165, 1.54) is 6.92 Å². The fourth-order valence-electron chi connectivity index (χ4n) is 2.52. The van der Waals surface area contributed by atoms with E-state index in [2.05, 4.69) is 16.0 Å². The van der Waals surface area contributed by atoms with E-state index < -0.39 is 18.1 Å². The number of benzene rings is 2. The second kappa shape index (κ2) is 11.5. The van der Waals surface area contributed by atoms with Crippen molar-refractivity contribution in [3.05, 3.63) is 65.7 Å². The van der Waals surface area contributed by atoms with Crippen molar-refractivity contribution in [2.24, 2.45) is 5.92 Å². The summed E-state index contributed by atoms with van der Waals surface area (Å²) in [7, 11) is 0. The number of rotatable bonds is 9. The molecule has 2 aromatic carbocycles. The second-order valence-corrected chi connectivity index (χ2v) is 7.24. The Balaban J connectivity index is 1.76. The SMILES string of the molecule is CC(C)C(=O)Nc1ccc(C(=O)C(C)OC(=O)CNC(=O)NCc2ccccc2)cc1. The molecule has 0 saturated heterocycles. The van der Waals surface area contributed by atoms with Gasteiger partial charge in [-0.15, -0.1) is 0 Å². The molecule has 2 rings (SSSR count). The number of ketones is 1.